The molecule has 0 bridgehead atoms. The minimum atomic E-state index is 0.481. The molecule has 4 aromatic rings. The van der Waals surface area contributed by atoms with Crippen molar-refractivity contribution in [2.75, 3.05) is 14.1 Å². The van der Waals surface area contributed by atoms with Crippen LogP contribution in [0.25, 0.3) is 22.2 Å². The van der Waals surface area contributed by atoms with Gasteiger partial charge in [0.25, 0.3) is 0 Å². The number of ether oxygens (including phenoxy) is 1. The third kappa shape index (κ3) is 4.26. The molecular weight excluding hydrogens is 396 g/mol. The molecular formula is C27H30N4O. The van der Waals surface area contributed by atoms with Crippen molar-refractivity contribution in [2.24, 2.45) is 0 Å². The molecule has 0 N–H and O–H groups in total. The summed E-state index contributed by atoms with van der Waals surface area (Å²) in [5.41, 5.74) is 4.49. The van der Waals surface area contributed by atoms with Gasteiger partial charge < -0.3 is 14.2 Å². The van der Waals surface area contributed by atoms with Gasteiger partial charge in [0.05, 0.1) is 0 Å². The quantitative estimate of drug-likeness (QED) is 0.395. The van der Waals surface area contributed by atoms with Crippen LogP contribution in [0, 0.1) is 0 Å². The van der Waals surface area contributed by atoms with E-state index in [9.17, 15) is 0 Å². The standard InChI is InChI=1S/C27H30N4O/c1-30(2)22-11-13-23(14-12-22)31-17-26(25-16-28-19-29-27(25)31)21-9-6-10-24(15-21)32-18-20-7-4-3-5-8-20/h3-10,15-17,19,22-23H,11-14,18H2,1-2H3. The van der Waals surface area contributed by atoms with Gasteiger partial charge in [0.15, 0.2) is 0 Å². The Morgan fingerprint density at radius 1 is 1.00 bits per heavy atom. The molecule has 0 aliphatic heterocycles. The van der Waals surface area contributed by atoms with Crippen molar-refractivity contribution >= 4 is 11.0 Å². The first-order valence-electron chi connectivity index (χ1n) is 11.4. The zero-order chi connectivity index (χ0) is 21.9. The summed E-state index contributed by atoms with van der Waals surface area (Å²) in [6.45, 7) is 0.560. The van der Waals surface area contributed by atoms with Crippen LogP contribution in [0.3, 0.4) is 0 Å². The van der Waals surface area contributed by atoms with Gasteiger partial charge in [-0.3, -0.25) is 0 Å². The van der Waals surface area contributed by atoms with Crippen LogP contribution in [-0.4, -0.2) is 39.6 Å². The topological polar surface area (TPSA) is 43.2 Å². The van der Waals surface area contributed by atoms with Crippen LogP contribution in [0.1, 0.15) is 37.3 Å². The van der Waals surface area contributed by atoms with E-state index in [4.69, 9.17) is 4.74 Å². The number of benzene rings is 2. The summed E-state index contributed by atoms with van der Waals surface area (Å²) in [5, 5.41) is 1.10. The van der Waals surface area contributed by atoms with E-state index < -0.39 is 0 Å². The molecule has 5 nitrogen and oxygen atoms in total. The van der Waals surface area contributed by atoms with Gasteiger partial charge in [0.1, 0.15) is 24.3 Å². The Hall–Kier alpha value is -3.18. The fourth-order valence-electron chi connectivity index (χ4n) is 4.84. The van der Waals surface area contributed by atoms with Gasteiger partial charge in [-0.25, -0.2) is 9.97 Å². The number of aromatic nitrogens is 3. The van der Waals surface area contributed by atoms with Crippen LogP contribution >= 0.6 is 0 Å². The van der Waals surface area contributed by atoms with E-state index in [-0.39, 0.29) is 0 Å². The molecule has 164 valence electrons. The summed E-state index contributed by atoms with van der Waals surface area (Å²) >= 11 is 0. The molecule has 2 aromatic carbocycles. The van der Waals surface area contributed by atoms with E-state index in [0.29, 0.717) is 18.7 Å². The van der Waals surface area contributed by atoms with Crippen LogP contribution in [0.15, 0.2) is 73.3 Å². The van der Waals surface area contributed by atoms with Crippen molar-refractivity contribution in [2.45, 2.75) is 44.4 Å². The normalized spacial score (nSPS) is 18.8. The first-order valence-corrected chi connectivity index (χ1v) is 11.4. The fraction of sp³-hybridized carbons (Fsp3) is 0.333. The van der Waals surface area contributed by atoms with E-state index in [1.165, 1.54) is 31.2 Å². The molecule has 0 saturated heterocycles. The average molecular weight is 427 g/mol. The van der Waals surface area contributed by atoms with Crippen molar-refractivity contribution in [3.8, 4) is 16.9 Å². The molecule has 0 radical (unpaired) electrons. The molecule has 1 aliphatic carbocycles. The van der Waals surface area contributed by atoms with Crippen LogP contribution < -0.4 is 4.74 Å². The number of hydrogen-bond acceptors (Lipinski definition) is 4. The van der Waals surface area contributed by atoms with E-state index in [2.05, 4.69) is 70.1 Å². The minimum absolute atomic E-state index is 0.481. The van der Waals surface area contributed by atoms with Gasteiger partial charge in [0.2, 0.25) is 0 Å². The van der Waals surface area contributed by atoms with E-state index >= 15 is 0 Å². The van der Waals surface area contributed by atoms with Crippen LogP contribution in [0.2, 0.25) is 0 Å². The van der Waals surface area contributed by atoms with Gasteiger partial charge in [-0.1, -0.05) is 42.5 Å². The Morgan fingerprint density at radius 3 is 2.59 bits per heavy atom. The summed E-state index contributed by atoms with van der Waals surface area (Å²) in [4.78, 5) is 11.4. The van der Waals surface area contributed by atoms with Gasteiger partial charge >= 0.3 is 0 Å². The Morgan fingerprint density at radius 2 is 1.81 bits per heavy atom. The maximum atomic E-state index is 6.08. The lowest BCUT2D eigenvalue weighted by molar-refractivity contribution is 0.197. The molecule has 0 unspecified atom stereocenters. The van der Waals surface area contributed by atoms with Gasteiger partial charge in [0, 0.05) is 35.4 Å². The molecule has 1 fully saturated rings. The molecule has 2 aromatic heterocycles. The molecule has 1 aliphatic rings. The highest BCUT2D eigenvalue weighted by atomic mass is 16.5. The smallest absolute Gasteiger partial charge is 0.144 e. The first kappa shape index (κ1) is 20.7. The van der Waals surface area contributed by atoms with Gasteiger partial charge in [-0.2, -0.15) is 0 Å². The monoisotopic (exact) mass is 426 g/mol. The molecule has 2 heterocycles. The Labute approximate surface area is 189 Å². The zero-order valence-electron chi connectivity index (χ0n) is 18.8. The summed E-state index contributed by atoms with van der Waals surface area (Å²) < 4.78 is 8.47. The largest absolute Gasteiger partial charge is 0.489 e. The second-order valence-electron chi connectivity index (χ2n) is 8.94. The minimum Gasteiger partial charge on any atom is -0.489 e. The molecule has 32 heavy (non-hydrogen) atoms. The maximum Gasteiger partial charge on any atom is 0.144 e. The number of nitrogens with zero attached hydrogens (tertiary/aromatic N) is 4. The fourth-order valence-corrected chi connectivity index (χ4v) is 4.84. The molecule has 0 amide bonds. The van der Waals surface area contributed by atoms with Crippen LogP contribution in [-0.2, 0) is 6.61 Å². The lowest BCUT2D eigenvalue weighted by Gasteiger charge is -2.33. The molecule has 0 atom stereocenters. The summed E-state index contributed by atoms with van der Waals surface area (Å²) in [5.74, 6) is 0.871. The van der Waals surface area contributed by atoms with E-state index in [0.717, 1.165) is 27.9 Å². The van der Waals surface area contributed by atoms with Crippen LogP contribution in [0.5, 0.6) is 5.75 Å². The first-order chi connectivity index (χ1) is 15.7. The van der Waals surface area contributed by atoms with Crippen molar-refractivity contribution in [1.29, 1.82) is 0 Å². The lowest BCUT2D eigenvalue weighted by Crippen LogP contribution is -2.32. The molecule has 1 saturated carbocycles. The van der Waals surface area contributed by atoms with Gasteiger partial charge in [-0.05, 0) is 63.0 Å². The number of hydrogen-bond donors (Lipinski definition) is 0. The Bertz CT molecular complexity index is 1180. The highest BCUT2D eigenvalue weighted by Gasteiger charge is 2.25. The van der Waals surface area contributed by atoms with Crippen molar-refractivity contribution in [3.05, 3.63) is 78.9 Å². The highest BCUT2D eigenvalue weighted by molar-refractivity contribution is 5.93. The Kier molecular flexibility index (Phi) is 5.91. The van der Waals surface area contributed by atoms with Crippen LogP contribution in [0.4, 0.5) is 0 Å². The predicted octanol–water partition coefficient (Wildman–Crippen LogP) is 5.72. The van der Waals surface area contributed by atoms with E-state index in [1.807, 2.05) is 30.5 Å². The third-order valence-corrected chi connectivity index (χ3v) is 6.68. The van der Waals surface area contributed by atoms with Crippen molar-refractivity contribution in [3.63, 3.8) is 0 Å². The predicted molar refractivity (Wildman–Crippen MR) is 129 cm³/mol. The third-order valence-electron chi connectivity index (χ3n) is 6.68. The van der Waals surface area contributed by atoms with E-state index in [1.54, 1.807) is 6.33 Å². The second-order valence-corrected chi connectivity index (χ2v) is 8.94. The highest BCUT2D eigenvalue weighted by Crippen LogP contribution is 2.37. The molecule has 0 spiro atoms. The number of fused-ring (bicyclic) bond motifs is 1. The van der Waals surface area contributed by atoms with Crippen molar-refractivity contribution < 1.29 is 4.74 Å². The molecule has 5 rings (SSSR count). The summed E-state index contributed by atoms with van der Waals surface area (Å²) in [7, 11) is 4.38. The summed E-state index contributed by atoms with van der Waals surface area (Å²) in [6.07, 6.45) is 10.7. The zero-order valence-corrected chi connectivity index (χ0v) is 18.8. The SMILES string of the molecule is CN(C)C1CCC(n2cc(-c3cccc(OCc4ccccc4)c3)c3cncnc32)CC1. The molecule has 5 heteroatoms. The average Bonchev–Trinajstić information content (AvgIpc) is 3.23. The number of rotatable bonds is 6. The van der Waals surface area contributed by atoms with Gasteiger partial charge in [-0.15, -0.1) is 0 Å². The second kappa shape index (κ2) is 9.13. The maximum absolute atomic E-state index is 6.08. The van der Waals surface area contributed by atoms with Crippen molar-refractivity contribution in [1.82, 2.24) is 19.4 Å². The lowest BCUT2D eigenvalue weighted by atomic mass is 9.90. The Balaban J connectivity index is 1.42. The summed E-state index contributed by atoms with van der Waals surface area (Å²) in [6, 6.07) is 19.8.